The van der Waals surface area contributed by atoms with E-state index in [1.807, 2.05) is 0 Å². The van der Waals surface area contributed by atoms with E-state index in [4.69, 9.17) is 8.85 Å². The molecule has 3 heteroatoms. The molecule has 0 aromatic heterocycles. The van der Waals surface area contributed by atoms with Crippen LogP contribution in [0.15, 0.2) is 65.0 Å². The van der Waals surface area contributed by atoms with Gasteiger partial charge in [-0.05, 0) is 74.8 Å². The third-order valence-corrected chi connectivity index (χ3v) is 13.9. The van der Waals surface area contributed by atoms with E-state index in [-0.39, 0.29) is 10.5 Å². The van der Waals surface area contributed by atoms with Crippen molar-refractivity contribution in [3.05, 3.63) is 70.5 Å². The highest BCUT2D eigenvalue weighted by Gasteiger charge is 2.61. The van der Waals surface area contributed by atoms with E-state index in [2.05, 4.69) is 111 Å². The second kappa shape index (κ2) is 9.78. The van der Waals surface area contributed by atoms with E-state index in [1.165, 1.54) is 41.5 Å². The summed E-state index contributed by atoms with van der Waals surface area (Å²) in [7, 11) is -2.06. The van der Waals surface area contributed by atoms with E-state index in [1.54, 1.807) is 0 Å². The lowest BCUT2D eigenvalue weighted by Gasteiger charge is -2.49. The molecule has 1 aromatic rings. The lowest BCUT2D eigenvalue weighted by atomic mass is 9.54. The van der Waals surface area contributed by atoms with Crippen molar-refractivity contribution < 1.29 is 8.85 Å². The molecule has 4 rings (SSSR count). The lowest BCUT2D eigenvalue weighted by Crippen LogP contribution is -2.46. The summed E-state index contributed by atoms with van der Waals surface area (Å²) >= 11 is 0. The summed E-state index contributed by atoms with van der Waals surface area (Å²) < 4.78 is 14.1. The molecule has 0 radical (unpaired) electrons. The van der Waals surface area contributed by atoms with Gasteiger partial charge in [-0.15, -0.1) is 0 Å². The summed E-state index contributed by atoms with van der Waals surface area (Å²) in [4.78, 5) is 0. The van der Waals surface area contributed by atoms with Crippen molar-refractivity contribution >= 4 is 14.1 Å². The van der Waals surface area contributed by atoms with Gasteiger partial charge in [0.25, 0.3) is 0 Å². The standard InChI is InChI=1S/C33H49O2Si/c1-22(2)18-27-19-24(4)28-17-16-23(3)29-31(34-21-26-14-12-11-13-15-26)30(25(5)20-33(27,28)29)35-36(9,10)32(6,7)8/h11-15,18,20,23-24,27-28H,16-17,19,21H2,1-10H3/q+1/t23-,24-,27+,28+,33-/m0/s1. The average Bonchev–Trinajstić information content (AvgIpc) is 3.03. The Labute approximate surface area is 221 Å². The van der Waals surface area contributed by atoms with Crippen LogP contribution in [0.5, 0.6) is 0 Å². The Morgan fingerprint density at radius 3 is 2.39 bits per heavy atom. The zero-order valence-electron chi connectivity index (χ0n) is 24.5. The van der Waals surface area contributed by atoms with Crippen molar-refractivity contribution in [3.8, 4) is 0 Å². The second-order valence-corrected chi connectivity index (χ2v) is 18.3. The van der Waals surface area contributed by atoms with Crippen LogP contribution in [0.4, 0.5) is 0 Å². The topological polar surface area (TPSA) is 20.5 Å². The molecule has 1 spiro atoms. The number of hydrogen-bond donors (Lipinski definition) is 0. The molecule has 0 amide bonds. The normalized spacial score (nSPS) is 31.6. The second-order valence-electron chi connectivity index (χ2n) is 13.6. The number of allylic oxidation sites excluding steroid dienone is 5. The molecule has 5 atom stereocenters. The fraction of sp³-hybridized carbons (Fsp3) is 0.606. The molecular formula is C33H49O2Si+. The Morgan fingerprint density at radius 2 is 1.78 bits per heavy atom. The molecule has 0 N–H and O–H groups in total. The van der Waals surface area contributed by atoms with E-state index < -0.39 is 8.32 Å². The fourth-order valence-corrected chi connectivity index (χ4v) is 7.95. The van der Waals surface area contributed by atoms with Crippen molar-refractivity contribution in [3.63, 3.8) is 0 Å². The van der Waals surface area contributed by atoms with E-state index in [0.29, 0.717) is 30.3 Å². The zero-order valence-corrected chi connectivity index (χ0v) is 25.5. The van der Waals surface area contributed by atoms with Crippen molar-refractivity contribution in [2.24, 2.45) is 29.1 Å². The molecule has 0 bridgehead atoms. The van der Waals surface area contributed by atoms with Crippen LogP contribution in [-0.2, 0) is 15.5 Å². The first-order valence-electron chi connectivity index (χ1n) is 14.1. The molecule has 3 aliphatic rings. The van der Waals surface area contributed by atoms with E-state index >= 15 is 0 Å². The smallest absolute Gasteiger partial charge is 0.480 e. The van der Waals surface area contributed by atoms with Crippen molar-refractivity contribution in [1.82, 2.24) is 0 Å². The predicted molar refractivity (Wildman–Crippen MR) is 155 cm³/mol. The molecule has 1 aromatic carbocycles. The first-order chi connectivity index (χ1) is 16.8. The van der Waals surface area contributed by atoms with Crippen LogP contribution in [0.25, 0.3) is 0 Å². The Balaban J connectivity index is 1.96. The van der Waals surface area contributed by atoms with Gasteiger partial charge in [0.1, 0.15) is 6.61 Å². The Kier molecular flexibility index (Phi) is 7.38. The SMILES string of the molecule is CC(C)=C[C@@H]1C[C@H](C)[C@H]2CC[C@H](C)C3=C(OCc4ccccc4)C(=[O+][Si](C)(C)C(C)(C)C)C(C)=C[C@]312. The highest BCUT2D eigenvalue weighted by atomic mass is 28.4. The van der Waals surface area contributed by atoms with E-state index in [9.17, 15) is 0 Å². The molecule has 3 aliphatic carbocycles. The molecule has 2 saturated carbocycles. The van der Waals surface area contributed by atoms with Gasteiger partial charge in [0.05, 0.1) is 5.57 Å². The number of hydrogen-bond acceptors (Lipinski definition) is 1. The molecule has 0 saturated heterocycles. The Morgan fingerprint density at radius 1 is 1.11 bits per heavy atom. The van der Waals surface area contributed by atoms with Gasteiger partial charge in [-0.3, -0.25) is 0 Å². The van der Waals surface area contributed by atoms with Gasteiger partial charge in [-0.1, -0.05) is 82.7 Å². The van der Waals surface area contributed by atoms with Crippen molar-refractivity contribution in [1.29, 1.82) is 0 Å². The van der Waals surface area contributed by atoms with Gasteiger partial charge in [0.2, 0.25) is 5.76 Å². The summed E-state index contributed by atoms with van der Waals surface area (Å²) in [6.07, 6.45) is 8.97. The Bertz CT molecular complexity index is 1090. The minimum absolute atomic E-state index is 0.0325. The fourth-order valence-electron chi connectivity index (χ4n) is 6.88. The summed E-state index contributed by atoms with van der Waals surface area (Å²) in [6.45, 7) is 24.0. The number of carbonyl (C=O) groups excluding carboxylic acids is 1. The number of ketones is 1. The number of ether oxygens (including phenoxy) is 1. The van der Waals surface area contributed by atoms with E-state index in [0.717, 1.165) is 11.5 Å². The molecule has 36 heavy (non-hydrogen) atoms. The van der Waals surface area contributed by atoms with Crippen LogP contribution in [-0.4, -0.2) is 14.1 Å². The van der Waals surface area contributed by atoms with Gasteiger partial charge in [-0.2, -0.15) is 0 Å². The Hall–Kier alpha value is -1.87. The molecule has 2 fully saturated rings. The summed E-state index contributed by atoms with van der Waals surface area (Å²) in [5, 5.41) is 0.123. The van der Waals surface area contributed by atoms with Gasteiger partial charge in [0, 0.05) is 23.5 Å². The lowest BCUT2D eigenvalue weighted by molar-refractivity contribution is -0.312. The highest BCUT2D eigenvalue weighted by molar-refractivity contribution is 6.72. The third-order valence-electron chi connectivity index (χ3n) is 9.60. The maximum Gasteiger partial charge on any atom is 0.517 e. The van der Waals surface area contributed by atoms with Crippen molar-refractivity contribution in [2.75, 3.05) is 0 Å². The maximum atomic E-state index is 7.13. The highest BCUT2D eigenvalue weighted by Crippen LogP contribution is 2.65. The van der Waals surface area contributed by atoms with Gasteiger partial charge < -0.3 is 8.85 Å². The number of rotatable bonds is 5. The molecule has 0 unspecified atom stereocenters. The molecular weight excluding hydrogens is 456 g/mol. The number of benzene rings is 1. The minimum atomic E-state index is -2.06. The monoisotopic (exact) mass is 505 g/mol. The summed E-state index contributed by atoms with van der Waals surface area (Å²) in [5.74, 6) is 4.43. The molecule has 0 aliphatic heterocycles. The largest absolute Gasteiger partial charge is 0.517 e. The summed E-state index contributed by atoms with van der Waals surface area (Å²) in [5.41, 5.74) is 5.45. The van der Waals surface area contributed by atoms with Crippen LogP contribution in [0.1, 0.15) is 80.2 Å². The average molecular weight is 506 g/mol. The maximum absolute atomic E-state index is 7.13. The van der Waals surface area contributed by atoms with Crippen LogP contribution in [0.2, 0.25) is 18.1 Å². The van der Waals surface area contributed by atoms with Crippen molar-refractivity contribution in [2.45, 2.75) is 99.4 Å². The van der Waals surface area contributed by atoms with Gasteiger partial charge in [0.15, 0.2) is 0 Å². The van der Waals surface area contributed by atoms with Crippen LogP contribution < -0.4 is 0 Å². The predicted octanol–water partition coefficient (Wildman–Crippen LogP) is 9.18. The van der Waals surface area contributed by atoms with Crippen LogP contribution >= 0.6 is 0 Å². The summed E-state index contributed by atoms with van der Waals surface area (Å²) in [6, 6.07) is 10.6. The molecule has 2 nitrogen and oxygen atoms in total. The van der Waals surface area contributed by atoms with Crippen LogP contribution in [0, 0.1) is 29.1 Å². The van der Waals surface area contributed by atoms with Gasteiger partial charge >= 0.3 is 14.1 Å². The minimum Gasteiger partial charge on any atom is -0.480 e. The van der Waals surface area contributed by atoms with Gasteiger partial charge in [-0.25, -0.2) is 0 Å². The zero-order chi connectivity index (χ0) is 26.5. The first-order valence-corrected chi connectivity index (χ1v) is 17.0. The quantitative estimate of drug-likeness (QED) is 0.222. The molecule has 0 heterocycles. The van der Waals surface area contributed by atoms with Crippen LogP contribution in [0.3, 0.4) is 0 Å². The third kappa shape index (κ3) is 4.73. The molecule has 196 valence electrons. The first kappa shape index (κ1) is 27.2.